The van der Waals surface area contributed by atoms with E-state index >= 15 is 0 Å². The molecule has 18 heavy (non-hydrogen) atoms. The molecule has 0 fully saturated rings. The Kier molecular flexibility index (Phi) is 4.95. The van der Waals surface area contributed by atoms with Crippen LogP contribution in [0.25, 0.3) is 0 Å². The Labute approximate surface area is 102 Å². The predicted octanol–water partition coefficient (Wildman–Crippen LogP) is 3.41. The van der Waals surface area contributed by atoms with E-state index in [1.54, 1.807) is 6.92 Å². The fraction of sp³-hybridized carbons (Fsp3) is 0.500. The number of aliphatic hydroxyl groups is 1. The molecule has 0 aromatic heterocycles. The number of halogens is 4. The smallest absolute Gasteiger partial charge is 0.340 e. The van der Waals surface area contributed by atoms with Gasteiger partial charge in [-0.15, -0.1) is 0 Å². The van der Waals surface area contributed by atoms with Gasteiger partial charge in [0.25, 0.3) is 0 Å². The fourth-order valence-electron chi connectivity index (χ4n) is 1.26. The van der Waals surface area contributed by atoms with Crippen molar-refractivity contribution in [2.75, 3.05) is 6.61 Å². The van der Waals surface area contributed by atoms with Crippen molar-refractivity contribution < 1.29 is 27.4 Å². The molecule has 0 saturated carbocycles. The van der Waals surface area contributed by atoms with Gasteiger partial charge >= 0.3 is 12.3 Å². The van der Waals surface area contributed by atoms with Crippen LogP contribution in [0, 0.1) is 0 Å². The molecule has 0 aliphatic carbocycles. The van der Waals surface area contributed by atoms with Crippen molar-refractivity contribution >= 4 is 0 Å². The number of rotatable bonds is 6. The van der Waals surface area contributed by atoms with Crippen molar-refractivity contribution in [2.24, 2.45) is 0 Å². The molecule has 0 heterocycles. The largest absolute Gasteiger partial charge is 0.487 e. The van der Waals surface area contributed by atoms with Crippen LogP contribution in [0.1, 0.15) is 25.0 Å². The number of benzene rings is 1. The number of aliphatic hydroxyl groups excluding tert-OH is 1. The standard InChI is InChI=1S/C12H14F4O2/c1-2-10(17)8-3-5-9(6-4-8)18-7-12(15,16)11(13)14/h3-6,10-11,17H,2,7H2,1H3/t10-/m0/s1. The molecule has 0 saturated heterocycles. The Balaban J connectivity index is 2.59. The monoisotopic (exact) mass is 266 g/mol. The zero-order valence-electron chi connectivity index (χ0n) is 9.75. The molecule has 1 aromatic carbocycles. The normalized spacial score (nSPS) is 13.7. The summed E-state index contributed by atoms with van der Waals surface area (Å²) in [7, 11) is 0. The molecular weight excluding hydrogens is 252 g/mol. The molecule has 0 aliphatic heterocycles. The summed E-state index contributed by atoms with van der Waals surface area (Å²) in [5.74, 6) is -4.11. The molecule has 0 amide bonds. The van der Waals surface area contributed by atoms with Crippen LogP contribution in [0.3, 0.4) is 0 Å². The lowest BCUT2D eigenvalue weighted by molar-refractivity contribution is -0.148. The van der Waals surface area contributed by atoms with E-state index in [-0.39, 0.29) is 5.75 Å². The van der Waals surface area contributed by atoms with Crippen molar-refractivity contribution in [3.63, 3.8) is 0 Å². The maximum Gasteiger partial charge on any atom is 0.340 e. The summed E-state index contributed by atoms with van der Waals surface area (Å²) in [6.45, 7) is 0.415. The first-order chi connectivity index (χ1) is 8.36. The van der Waals surface area contributed by atoms with Crippen molar-refractivity contribution in [1.82, 2.24) is 0 Å². The first-order valence-electron chi connectivity index (χ1n) is 5.43. The minimum Gasteiger partial charge on any atom is -0.487 e. The lowest BCUT2D eigenvalue weighted by Gasteiger charge is -2.16. The van der Waals surface area contributed by atoms with Crippen LogP contribution in [0.5, 0.6) is 5.75 Å². The summed E-state index contributed by atoms with van der Waals surface area (Å²) in [5, 5.41) is 9.49. The second-order valence-corrected chi connectivity index (χ2v) is 3.84. The highest BCUT2D eigenvalue weighted by atomic mass is 19.3. The van der Waals surface area contributed by atoms with E-state index in [1.807, 2.05) is 0 Å². The first kappa shape index (κ1) is 14.8. The van der Waals surface area contributed by atoms with Gasteiger partial charge in [0.05, 0.1) is 6.10 Å². The zero-order valence-corrected chi connectivity index (χ0v) is 9.75. The lowest BCUT2D eigenvalue weighted by atomic mass is 10.1. The molecule has 0 spiro atoms. The Morgan fingerprint density at radius 2 is 1.78 bits per heavy atom. The van der Waals surface area contributed by atoms with E-state index in [0.717, 1.165) is 0 Å². The molecule has 1 aromatic rings. The van der Waals surface area contributed by atoms with Gasteiger partial charge in [0.15, 0.2) is 6.61 Å². The average Bonchev–Trinajstić information content (AvgIpc) is 2.36. The third-order valence-corrected chi connectivity index (χ3v) is 2.40. The molecule has 6 heteroatoms. The van der Waals surface area contributed by atoms with E-state index in [4.69, 9.17) is 0 Å². The number of hydrogen-bond donors (Lipinski definition) is 1. The molecule has 0 radical (unpaired) electrons. The van der Waals surface area contributed by atoms with Gasteiger partial charge in [-0.3, -0.25) is 0 Å². The van der Waals surface area contributed by atoms with Gasteiger partial charge in [-0.1, -0.05) is 19.1 Å². The van der Waals surface area contributed by atoms with Gasteiger partial charge in [0.2, 0.25) is 0 Å². The van der Waals surface area contributed by atoms with Gasteiger partial charge in [-0.2, -0.15) is 8.78 Å². The summed E-state index contributed by atoms with van der Waals surface area (Å²) >= 11 is 0. The summed E-state index contributed by atoms with van der Waals surface area (Å²) in [5.41, 5.74) is 0.616. The van der Waals surface area contributed by atoms with Crippen LogP contribution in [0.4, 0.5) is 17.6 Å². The highest BCUT2D eigenvalue weighted by Gasteiger charge is 2.41. The zero-order chi connectivity index (χ0) is 13.8. The Hall–Kier alpha value is -1.30. The summed E-state index contributed by atoms with van der Waals surface area (Å²) in [4.78, 5) is 0. The quantitative estimate of drug-likeness (QED) is 0.799. The van der Waals surface area contributed by atoms with E-state index in [2.05, 4.69) is 4.74 Å². The molecule has 1 rings (SSSR count). The summed E-state index contributed by atoms with van der Waals surface area (Å²) in [6.07, 6.45) is -3.87. The van der Waals surface area contributed by atoms with Gasteiger partial charge in [-0.25, -0.2) is 8.78 Å². The fourth-order valence-corrected chi connectivity index (χ4v) is 1.26. The summed E-state index contributed by atoms with van der Waals surface area (Å²) < 4.78 is 53.5. The molecule has 1 atom stereocenters. The van der Waals surface area contributed by atoms with Crippen LogP contribution in [0.15, 0.2) is 24.3 Å². The van der Waals surface area contributed by atoms with Crippen molar-refractivity contribution in [1.29, 1.82) is 0 Å². The van der Waals surface area contributed by atoms with E-state index in [0.29, 0.717) is 12.0 Å². The third kappa shape index (κ3) is 3.87. The molecule has 0 aliphatic rings. The average molecular weight is 266 g/mol. The topological polar surface area (TPSA) is 29.5 Å². The number of ether oxygens (including phenoxy) is 1. The second-order valence-electron chi connectivity index (χ2n) is 3.84. The Morgan fingerprint density at radius 1 is 1.22 bits per heavy atom. The van der Waals surface area contributed by atoms with Crippen molar-refractivity contribution in [3.05, 3.63) is 29.8 Å². The summed E-state index contributed by atoms with van der Waals surface area (Å²) in [6, 6.07) is 5.72. The van der Waals surface area contributed by atoms with Gasteiger partial charge in [0, 0.05) is 0 Å². The SMILES string of the molecule is CC[C@H](O)c1ccc(OCC(F)(F)C(F)F)cc1. The Morgan fingerprint density at radius 3 is 2.22 bits per heavy atom. The minimum atomic E-state index is -4.17. The second kappa shape index (κ2) is 6.04. The van der Waals surface area contributed by atoms with Crippen molar-refractivity contribution in [2.45, 2.75) is 31.8 Å². The molecule has 1 N–H and O–H groups in total. The highest BCUT2D eigenvalue weighted by molar-refractivity contribution is 5.28. The number of alkyl halides is 4. The minimum absolute atomic E-state index is 0.0578. The third-order valence-electron chi connectivity index (χ3n) is 2.40. The maximum absolute atomic E-state index is 12.6. The van der Waals surface area contributed by atoms with Crippen LogP contribution < -0.4 is 4.74 Å². The Bertz CT molecular complexity index is 365. The molecule has 0 unspecified atom stereocenters. The van der Waals surface area contributed by atoms with Gasteiger partial charge < -0.3 is 9.84 Å². The van der Waals surface area contributed by atoms with Gasteiger partial charge in [-0.05, 0) is 24.1 Å². The first-order valence-corrected chi connectivity index (χ1v) is 5.43. The van der Waals surface area contributed by atoms with Crippen LogP contribution in [-0.4, -0.2) is 24.1 Å². The molecule has 2 nitrogen and oxygen atoms in total. The highest BCUT2D eigenvalue weighted by Crippen LogP contribution is 2.25. The van der Waals surface area contributed by atoms with Crippen LogP contribution in [-0.2, 0) is 0 Å². The molecular formula is C12H14F4O2. The predicted molar refractivity (Wildman–Crippen MR) is 58.1 cm³/mol. The van der Waals surface area contributed by atoms with E-state index in [9.17, 15) is 22.7 Å². The lowest BCUT2D eigenvalue weighted by Crippen LogP contribution is -2.33. The van der Waals surface area contributed by atoms with Crippen LogP contribution in [0.2, 0.25) is 0 Å². The molecule has 0 bridgehead atoms. The van der Waals surface area contributed by atoms with Crippen molar-refractivity contribution in [3.8, 4) is 5.75 Å². The maximum atomic E-state index is 12.6. The number of hydrogen-bond acceptors (Lipinski definition) is 2. The van der Waals surface area contributed by atoms with E-state index < -0.39 is 25.1 Å². The molecule has 102 valence electrons. The van der Waals surface area contributed by atoms with E-state index in [1.165, 1.54) is 24.3 Å². The van der Waals surface area contributed by atoms with Gasteiger partial charge in [0.1, 0.15) is 5.75 Å². The van der Waals surface area contributed by atoms with Crippen LogP contribution >= 0.6 is 0 Å².